The Labute approximate surface area is 186 Å². The quantitative estimate of drug-likeness (QED) is 0.546. The minimum atomic E-state index is -3.46. The summed E-state index contributed by atoms with van der Waals surface area (Å²) in [5.41, 5.74) is 2.96. The van der Waals surface area contributed by atoms with Crippen LogP contribution in [0.15, 0.2) is 47.3 Å². The number of thiazole rings is 1. The van der Waals surface area contributed by atoms with Crippen molar-refractivity contribution in [1.82, 2.24) is 4.57 Å². The van der Waals surface area contributed by atoms with Gasteiger partial charge in [0.1, 0.15) is 0 Å². The molecule has 1 heterocycles. The van der Waals surface area contributed by atoms with E-state index in [9.17, 15) is 18.0 Å². The maximum absolute atomic E-state index is 12.4. The van der Waals surface area contributed by atoms with Gasteiger partial charge in [0.25, 0.3) is 0 Å². The number of nitrogens with one attached hydrogen (secondary N) is 1. The van der Waals surface area contributed by atoms with Gasteiger partial charge in [0.15, 0.2) is 0 Å². The van der Waals surface area contributed by atoms with Crippen molar-refractivity contribution in [2.24, 2.45) is 0 Å². The summed E-state index contributed by atoms with van der Waals surface area (Å²) < 4.78 is 28.4. The lowest BCUT2D eigenvalue weighted by Crippen LogP contribution is -2.32. The Hall–Kier alpha value is -2.65. The molecule has 1 aromatic heterocycles. The first kappa shape index (κ1) is 23.0. The Balaban J connectivity index is 1.66. The van der Waals surface area contributed by atoms with Crippen LogP contribution in [0, 0.1) is 6.92 Å². The first-order valence-electron chi connectivity index (χ1n) is 10.1. The van der Waals surface area contributed by atoms with E-state index in [2.05, 4.69) is 5.32 Å². The summed E-state index contributed by atoms with van der Waals surface area (Å²) in [5.74, 6) is -0.201. The van der Waals surface area contributed by atoms with Crippen LogP contribution in [0.3, 0.4) is 0 Å². The van der Waals surface area contributed by atoms with Crippen LogP contribution >= 0.6 is 11.3 Å². The molecule has 0 aliphatic rings. The van der Waals surface area contributed by atoms with Crippen LogP contribution in [0.1, 0.15) is 38.3 Å². The highest BCUT2D eigenvalue weighted by Crippen LogP contribution is 2.25. The molecule has 7 nitrogen and oxygen atoms in total. The highest BCUT2D eigenvalue weighted by atomic mass is 32.2. The number of fused-ring (bicyclic) bond motifs is 1. The third-order valence-electron chi connectivity index (χ3n) is 4.96. The zero-order chi connectivity index (χ0) is 22.8. The molecule has 0 aliphatic carbocycles. The molecule has 9 heteroatoms. The standard InChI is InChI=1S/C22H27N3O4S2/c1-15(2)25-19-12-11-17(14-20(19)30-22(25)27)23-21(26)10-7-13-24(31(4,28)29)18-9-6-5-8-16(18)3/h5-6,8-9,11-12,14-15H,7,10,13H2,1-4H3,(H,23,26). The lowest BCUT2D eigenvalue weighted by molar-refractivity contribution is -0.116. The molecule has 166 valence electrons. The maximum Gasteiger partial charge on any atom is 0.308 e. The second-order valence-corrected chi connectivity index (χ2v) is 10.7. The number of benzene rings is 2. The third-order valence-corrected chi connectivity index (χ3v) is 7.06. The van der Waals surface area contributed by atoms with Gasteiger partial charge in [-0.2, -0.15) is 0 Å². The minimum Gasteiger partial charge on any atom is -0.326 e. The second kappa shape index (κ2) is 9.23. The van der Waals surface area contributed by atoms with Gasteiger partial charge < -0.3 is 5.32 Å². The van der Waals surface area contributed by atoms with Crippen LogP contribution in [-0.4, -0.2) is 31.7 Å². The van der Waals surface area contributed by atoms with Gasteiger partial charge in [-0.05, 0) is 57.0 Å². The number of rotatable bonds is 8. The molecule has 0 spiro atoms. The summed E-state index contributed by atoms with van der Waals surface area (Å²) in [7, 11) is -3.46. The van der Waals surface area contributed by atoms with Crippen LogP contribution in [-0.2, 0) is 14.8 Å². The van der Waals surface area contributed by atoms with Crippen LogP contribution in [0.25, 0.3) is 10.2 Å². The van der Waals surface area contributed by atoms with E-state index in [0.717, 1.165) is 27.1 Å². The maximum atomic E-state index is 12.4. The van der Waals surface area contributed by atoms with Crippen molar-refractivity contribution in [2.45, 2.75) is 39.7 Å². The van der Waals surface area contributed by atoms with Crippen molar-refractivity contribution >= 4 is 48.9 Å². The number of carbonyl (C=O) groups is 1. The highest BCUT2D eigenvalue weighted by Gasteiger charge is 2.19. The number of carbonyl (C=O) groups excluding carboxylic acids is 1. The second-order valence-electron chi connectivity index (χ2n) is 7.79. The molecule has 0 fully saturated rings. The summed E-state index contributed by atoms with van der Waals surface area (Å²) >= 11 is 1.15. The summed E-state index contributed by atoms with van der Waals surface area (Å²) in [6.07, 6.45) is 1.73. The van der Waals surface area contributed by atoms with Crippen molar-refractivity contribution in [3.63, 3.8) is 0 Å². The molecule has 0 unspecified atom stereocenters. The molecular formula is C22H27N3O4S2. The van der Waals surface area contributed by atoms with Gasteiger partial charge in [0.05, 0.1) is 22.2 Å². The Kier molecular flexibility index (Phi) is 6.86. The molecule has 0 aliphatic heterocycles. The molecule has 3 aromatic rings. The largest absolute Gasteiger partial charge is 0.326 e. The van der Waals surface area contributed by atoms with E-state index in [4.69, 9.17) is 0 Å². The topological polar surface area (TPSA) is 88.5 Å². The number of hydrogen-bond acceptors (Lipinski definition) is 5. The number of nitrogens with zero attached hydrogens (tertiary/aromatic N) is 2. The monoisotopic (exact) mass is 461 g/mol. The van der Waals surface area contributed by atoms with Crippen molar-refractivity contribution in [2.75, 3.05) is 22.4 Å². The molecule has 1 N–H and O–H groups in total. The van der Waals surface area contributed by atoms with E-state index in [1.54, 1.807) is 28.8 Å². The number of hydrogen-bond donors (Lipinski definition) is 1. The zero-order valence-electron chi connectivity index (χ0n) is 18.1. The summed E-state index contributed by atoms with van der Waals surface area (Å²) in [5, 5.41) is 2.84. The van der Waals surface area contributed by atoms with Gasteiger partial charge in [0.2, 0.25) is 15.9 Å². The molecular weight excluding hydrogens is 434 g/mol. The fourth-order valence-corrected chi connectivity index (χ4v) is 5.59. The Bertz CT molecular complexity index is 1260. The van der Waals surface area contributed by atoms with Gasteiger partial charge in [0, 0.05) is 24.7 Å². The van der Waals surface area contributed by atoms with Gasteiger partial charge in [-0.25, -0.2) is 8.42 Å². The van der Waals surface area contributed by atoms with Crippen molar-refractivity contribution < 1.29 is 13.2 Å². The number of sulfonamides is 1. The van der Waals surface area contributed by atoms with Gasteiger partial charge in [-0.15, -0.1) is 0 Å². The molecule has 0 saturated carbocycles. The minimum absolute atomic E-state index is 0.0226. The third kappa shape index (κ3) is 5.34. The van der Waals surface area contributed by atoms with Crippen molar-refractivity contribution in [3.05, 3.63) is 57.7 Å². The van der Waals surface area contributed by atoms with Gasteiger partial charge in [-0.1, -0.05) is 29.5 Å². The molecule has 2 aromatic carbocycles. The predicted molar refractivity (Wildman–Crippen MR) is 128 cm³/mol. The lowest BCUT2D eigenvalue weighted by atomic mass is 10.2. The average molecular weight is 462 g/mol. The smallest absolute Gasteiger partial charge is 0.308 e. The molecule has 3 rings (SSSR count). The number of aromatic nitrogens is 1. The Morgan fingerprint density at radius 2 is 1.90 bits per heavy atom. The van der Waals surface area contributed by atoms with E-state index < -0.39 is 10.0 Å². The number of aryl methyl sites for hydroxylation is 1. The molecule has 0 bridgehead atoms. The molecule has 31 heavy (non-hydrogen) atoms. The van der Waals surface area contributed by atoms with E-state index in [1.807, 2.05) is 39.0 Å². The molecule has 1 amide bonds. The van der Waals surface area contributed by atoms with Crippen LogP contribution in [0.5, 0.6) is 0 Å². The van der Waals surface area contributed by atoms with E-state index in [-0.39, 0.29) is 29.8 Å². The Morgan fingerprint density at radius 1 is 1.19 bits per heavy atom. The van der Waals surface area contributed by atoms with Gasteiger partial charge in [-0.3, -0.25) is 18.5 Å². The molecule has 0 atom stereocenters. The van der Waals surface area contributed by atoms with E-state index in [1.165, 1.54) is 10.6 Å². The Morgan fingerprint density at radius 3 is 2.55 bits per heavy atom. The zero-order valence-corrected chi connectivity index (χ0v) is 19.7. The fraction of sp³-hybridized carbons (Fsp3) is 0.364. The highest BCUT2D eigenvalue weighted by molar-refractivity contribution is 7.92. The molecule has 0 saturated heterocycles. The van der Waals surface area contributed by atoms with Crippen LogP contribution in [0.2, 0.25) is 0 Å². The van der Waals surface area contributed by atoms with Crippen LogP contribution in [0.4, 0.5) is 11.4 Å². The summed E-state index contributed by atoms with van der Waals surface area (Å²) in [4.78, 5) is 24.6. The predicted octanol–water partition coefficient (Wildman–Crippen LogP) is 4.14. The van der Waals surface area contributed by atoms with Crippen molar-refractivity contribution in [1.29, 1.82) is 0 Å². The number of para-hydroxylation sites is 1. The first-order chi connectivity index (χ1) is 14.6. The van der Waals surface area contributed by atoms with Gasteiger partial charge >= 0.3 is 4.87 Å². The normalized spacial score (nSPS) is 11.8. The van der Waals surface area contributed by atoms with Crippen molar-refractivity contribution in [3.8, 4) is 0 Å². The first-order valence-corrected chi connectivity index (χ1v) is 12.7. The van der Waals surface area contributed by atoms with E-state index >= 15 is 0 Å². The molecule has 0 radical (unpaired) electrons. The summed E-state index contributed by atoms with van der Waals surface area (Å²) in [6.45, 7) is 5.99. The van der Waals surface area contributed by atoms with Crippen LogP contribution < -0.4 is 14.5 Å². The average Bonchev–Trinajstić information content (AvgIpc) is 3.00. The lowest BCUT2D eigenvalue weighted by Gasteiger charge is -2.24. The summed E-state index contributed by atoms with van der Waals surface area (Å²) in [6, 6.07) is 12.8. The fourth-order valence-electron chi connectivity index (χ4n) is 3.52. The number of amides is 1. The SMILES string of the molecule is Cc1ccccc1N(CCCC(=O)Nc1ccc2c(c1)sc(=O)n2C(C)C)S(C)(=O)=O. The van der Waals surface area contributed by atoms with E-state index in [0.29, 0.717) is 17.8 Å². The number of anilines is 2.